The maximum absolute atomic E-state index is 12.8. The fourth-order valence-corrected chi connectivity index (χ4v) is 4.84. The number of thioether (sulfide) groups is 1. The van der Waals surface area contributed by atoms with Crippen LogP contribution in [0.15, 0.2) is 93.1 Å². The summed E-state index contributed by atoms with van der Waals surface area (Å²) in [6.45, 7) is 1.88. The zero-order chi connectivity index (χ0) is 22.0. The van der Waals surface area contributed by atoms with Crippen LogP contribution in [-0.2, 0) is 10.0 Å². The summed E-state index contributed by atoms with van der Waals surface area (Å²) in [6.07, 6.45) is 0. The second-order valence-electron chi connectivity index (χ2n) is 6.62. The largest absolute Gasteiger partial charge is 0.733 e. The number of amidine groups is 2. The van der Waals surface area contributed by atoms with Crippen molar-refractivity contribution in [1.82, 2.24) is 0 Å². The molecule has 0 spiro atoms. The third-order valence-electron chi connectivity index (χ3n) is 4.39. The molecule has 3 aromatic rings. The maximum atomic E-state index is 12.8. The monoisotopic (exact) mass is 453 g/mol. The van der Waals surface area contributed by atoms with Crippen LogP contribution in [0.3, 0.4) is 0 Å². The van der Waals surface area contributed by atoms with Gasteiger partial charge in [-0.1, -0.05) is 35.9 Å². The van der Waals surface area contributed by atoms with Gasteiger partial charge >= 0.3 is 0 Å². The summed E-state index contributed by atoms with van der Waals surface area (Å²) >= 11 is 1.13. The first kappa shape index (κ1) is 21.1. The highest BCUT2D eigenvalue weighted by atomic mass is 32.2. The van der Waals surface area contributed by atoms with Crippen LogP contribution in [0.4, 0.5) is 17.1 Å². The predicted octanol–water partition coefficient (Wildman–Crippen LogP) is 4.67. The summed E-state index contributed by atoms with van der Waals surface area (Å²) in [6, 6.07) is 21.7. The second-order valence-corrected chi connectivity index (χ2v) is 9.16. The van der Waals surface area contributed by atoms with Gasteiger partial charge in [0.15, 0.2) is 10.3 Å². The Morgan fingerprint density at radius 1 is 0.935 bits per heavy atom. The molecule has 31 heavy (non-hydrogen) atoms. The van der Waals surface area contributed by atoms with Gasteiger partial charge in [0, 0.05) is 0 Å². The van der Waals surface area contributed by atoms with Gasteiger partial charge < -0.3 is 10.4 Å². The van der Waals surface area contributed by atoms with Gasteiger partial charge in [0.2, 0.25) is 0 Å². The summed E-state index contributed by atoms with van der Waals surface area (Å²) in [5.74, 6) is 0. The first-order valence-corrected chi connectivity index (χ1v) is 11.4. The SMILES string of the molecule is Cc1ccc(S(=O)(=O)N=C2SC(=Nc3ccc(N([O-])O)cc3)N2c2ccccc2)cc1. The van der Waals surface area contributed by atoms with E-state index in [1.807, 2.05) is 37.3 Å². The number of aliphatic imine (C=N–C) groups is 1. The molecule has 10 heteroatoms. The van der Waals surface area contributed by atoms with Crippen molar-refractivity contribution in [3.05, 3.63) is 89.6 Å². The zero-order valence-electron chi connectivity index (χ0n) is 16.3. The van der Waals surface area contributed by atoms with E-state index in [2.05, 4.69) is 9.39 Å². The van der Waals surface area contributed by atoms with Crippen LogP contribution in [0.5, 0.6) is 0 Å². The maximum Gasteiger partial charge on any atom is 0.284 e. The molecule has 0 bridgehead atoms. The summed E-state index contributed by atoms with van der Waals surface area (Å²) in [5.41, 5.74) is 2.29. The average Bonchev–Trinajstić information content (AvgIpc) is 2.74. The lowest BCUT2D eigenvalue weighted by Gasteiger charge is -2.34. The van der Waals surface area contributed by atoms with Crippen LogP contribution in [-0.4, -0.2) is 24.0 Å². The molecule has 1 aliphatic rings. The number of aryl methyl sites for hydroxylation is 1. The molecule has 0 saturated carbocycles. The van der Waals surface area contributed by atoms with E-state index in [9.17, 15) is 13.6 Å². The highest BCUT2D eigenvalue weighted by Gasteiger charge is 2.35. The molecule has 1 fully saturated rings. The Balaban J connectivity index is 1.68. The van der Waals surface area contributed by atoms with E-state index in [1.54, 1.807) is 29.2 Å². The van der Waals surface area contributed by atoms with E-state index in [0.717, 1.165) is 23.0 Å². The Bertz CT molecular complexity index is 1240. The minimum absolute atomic E-state index is 0.0802. The Morgan fingerprint density at radius 2 is 1.58 bits per heavy atom. The number of anilines is 2. The number of hydrogen-bond acceptors (Lipinski definition) is 7. The molecule has 1 aliphatic heterocycles. The molecule has 0 unspecified atom stereocenters. The van der Waals surface area contributed by atoms with Crippen molar-refractivity contribution in [2.45, 2.75) is 11.8 Å². The second kappa shape index (κ2) is 8.52. The van der Waals surface area contributed by atoms with Crippen molar-refractivity contribution in [3.8, 4) is 0 Å². The van der Waals surface area contributed by atoms with Crippen molar-refractivity contribution < 1.29 is 13.6 Å². The molecule has 158 valence electrons. The normalized spacial score (nSPS) is 16.4. The van der Waals surface area contributed by atoms with Crippen LogP contribution < -0.4 is 10.1 Å². The number of nitrogens with zero attached hydrogens (tertiary/aromatic N) is 4. The van der Waals surface area contributed by atoms with Crippen molar-refractivity contribution in [3.63, 3.8) is 0 Å². The van der Waals surface area contributed by atoms with E-state index in [1.165, 1.54) is 24.3 Å². The highest BCUT2D eigenvalue weighted by molar-refractivity contribution is 8.30. The van der Waals surface area contributed by atoms with Gasteiger partial charge in [0.25, 0.3) is 10.0 Å². The third-order valence-corrected chi connectivity index (χ3v) is 6.70. The number of para-hydroxylation sites is 1. The van der Waals surface area contributed by atoms with Crippen LogP contribution >= 0.6 is 11.8 Å². The van der Waals surface area contributed by atoms with E-state index >= 15 is 0 Å². The summed E-state index contributed by atoms with van der Waals surface area (Å²) in [5, 5.41) is 20.5. The van der Waals surface area contributed by atoms with E-state index in [4.69, 9.17) is 5.21 Å². The van der Waals surface area contributed by atoms with Gasteiger partial charge in [0.05, 0.1) is 22.0 Å². The number of benzene rings is 3. The quantitative estimate of drug-likeness (QED) is 0.559. The van der Waals surface area contributed by atoms with Crippen LogP contribution in [0.2, 0.25) is 0 Å². The van der Waals surface area contributed by atoms with Gasteiger partial charge in [-0.05, 0) is 67.2 Å². The summed E-state index contributed by atoms with van der Waals surface area (Å²) in [7, 11) is -3.89. The lowest BCUT2D eigenvalue weighted by atomic mass is 10.2. The first-order chi connectivity index (χ1) is 14.8. The minimum Gasteiger partial charge on any atom is -0.733 e. The van der Waals surface area contributed by atoms with Crippen molar-refractivity contribution in [2.24, 2.45) is 9.39 Å². The van der Waals surface area contributed by atoms with Crippen molar-refractivity contribution >= 4 is 49.2 Å². The van der Waals surface area contributed by atoms with E-state index in [-0.39, 0.29) is 21.0 Å². The molecule has 1 saturated heterocycles. The smallest absolute Gasteiger partial charge is 0.284 e. The Morgan fingerprint density at radius 3 is 2.19 bits per heavy atom. The standard InChI is InChI=1S/C21H17N4O4S2/c1-15-7-13-19(14-8-15)31(28,29)23-21-24(17-5-3-2-4-6-17)20(30-21)22-16-9-11-18(12-10-16)25(26)27/h2-14,26H,1H3/q-1. The van der Waals surface area contributed by atoms with E-state index in [0.29, 0.717) is 10.9 Å². The Kier molecular flexibility index (Phi) is 5.79. The van der Waals surface area contributed by atoms with Gasteiger partial charge in [0.1, 0.15) is 0 Å². The molecule has 0 aromatic heterocycles. The zero-order valence-corrected chi connectivity index (χ0v) is 17.9. The van der Waals surface area contributed by atoms with Gasteiger partial charge in [-0.15, -0.1) is 4.40 Å². The molecule has 3 aromatic carbocycles. The minimum atomic E-state index is -3.89. The fraction of sp³-hybridized carbons (Fsp3) is 0.0476. The van der Waals surface area contributed by atoms with Gasteiger partial charge in [-0.2, -0.15) is 8.42 Å². The Hall–Kier alpha value is -3.18. The van der Waals surface area contributed by atoms with Gasteiger partial charge in [-0.3, -0.25) is 10.1 Å². The molecule has 0 atom stereocenters. The van der Waals surface area contributed by atoms with Crippen LogP contribution in [0, 0.1) is 12.1 Å². The lowest BCUT2D eigenvalue weighted by Crippen LogP contribution is -2.44. The molecular formula is C21H17N4O4S2-. The molecule has 0 radical (unpaired) electrons. The molecular weight excluding hydrogens is 436 g/mol. The molecule has 4 rings (SSSR count). The van der Waals surface area contributed by atoms with Crippen molar-refractivity contribution in [1.29, 1.82) is 0 Å². The molecule has 0 aliphatic carbocycles. The predicted molar refractivity (Wildman–Crippen MR) is 123 cm³/mol. The first-order valence-electron chi connectivity index (χ1n) is 9.13. The van der Waals surface area contributed by atoms with Crippen LogP contribution in [0.25, 0.3) is 0 Å². The topological polar surface area (TPSA) is 109 Å². The lowest BCUT2D eigenvalue weighted by molar-refractivity contribution is 0.296. The number of hydrogen-bond donors (Lipinski definition) is 1. The highest BCUT2D eigenvalue weighted by Crippen LogP contribution is 2.36. The average molecular weight is 454 g/mol. The molecule has 8 nitrogen and oxygen atoms in total. The van der Waals surface area contributed by atoms with Gasteiger partial charge in [-0.25, -0.2) is 4.99 Å². The molecule has 1 heterocycles. The summed E-state index contributed by atoms with van der Waals surface area (Å²) in [4.78, 5) is 6.28. The fourth-order valence-electron chi connectivity index (χ4n) is 2.78. The molecule has 1 N–H and O–H groups in total. The summed E-state index contributed by atoms with van der Waals surface area (Å²) < 4.78 is 29.5. The number of rotatable bonds is 5. The number of sulfonamides is 1. The van der Waals surface area contributed by atoms with Crippen LogP contribution in [0.1, 0.15) is 5.56 Å². The molecule has 0 amide bonds. The van der Waals surface area contributed by atoms with Crippen molar-refractivity contribution in [2.75, 3.05) is 10.1 Å². The third kappa shape index (κ3) is 4.62. The Labute approximate surface area is 183 Å². The van der Waals surface area contributed by atoms with E-state index < -0.39 is 10.0 Å².